The van der Waals surface area contributed by atoms with Gasteiger partial charge < -0.3 is 4.74 Å². The van der Waals surface area contributed by atoms with Gasteiger partial charge in [-0.15, -0.1) is 0 Å². The van der Waals surface area contributed by atoms with Gasteiger partial charge in [0.2, 0.25) is 0 Å². The van der Waals surface area contributed by atoms with Crippen molar-refractivity contribution in [2.24, 2.45) is 0 Å². The van der Waals surface area contributed by atoms with Crippen molar-refractivity contribution in [2.45, 2.75) is 6.92 Å². The molecule has 0 aliphatic carbocycles. The Kier molecular flexibility index (Phi) is 2.11. The minimum atomic E-state index is 0.873. The minimum absolute atomic E-state index is 0.873. The molecule has 0 aliphatic heterocycles. The number of ether oxygens (including phenoxy) is 1. The molecule has 0 heterocycles. The lowest BCUT2D eigenvalue weighted by atomic mass is 10.2. The van der Waals surface area contributed by atoms with E-state index in [2.05, 4.69) is 6.58 Å². The van der Waals surface area contributed by atoms with E-state index in [1.165, 1.54) is 6.26 Å². The van der Waals surface area contributed by atoms with E-state index in [1.54, 1.807) is 0 Å². The molecule has 1 heteroatoms. The maximum atomic E-state index is 5.10. The van der Waals surface area contributed by atoms with Crippen LogP contribution in [0.2, 0.25) is 0 Å². The molecule has 0 spiro atoms. The fourth-order valence-corrected chi connectivity index (χ4v) is 0.778. The van der Waals surface area contributed by atoms with E-state index >= 15 is 0 Å². The number of para-hydroxylation sites is 1. The maximum absolute atomic E-state index is 5.10. The van der Waals surface area contributed by atoms with Gasteiger partial charge in [-0.1, -0.05) is 24.8 Å². The highest BCUT2D eigenvalue weighted by Crippen LogP contribution is 2.15. The molecule has 0 fully saturated rings. The van der Waals surface area contributed by atoms with E-state index in [-0.39, 0.29) is 0 Å². The van der Waals surface area contributed by atoms with E-state index in [4.69, 9.17) is 4.74 Å². The molecule has 0 unspecified atom stereocenters. The number of hydrogen-bond acceptors (Lipinski definition) is 1. The highest BCUT2D eigenvalue weighted by atomic mass is 16.5. The number of rotatable bonds is 2. The van der Waals surface area contributed by atoms with Gasteiger partial charge in [-0.05, 0) is 18.6 Å². The van der Waals surface area contributed by atoms with Crippen LogP contribution in [0.25, 0.3) is 0 Å². The van der Waals surface area contributed by atoms with E-state index < -0.39 is 0 Å². The molecule has 0 N–H and O–H groups in total. The topological polar surface area (TPSA) is 9.23 Å². The lowest BCUT2D eigenvalue weighted by Crippen LogP contribution is -1.82. The Balaban J connectivity index is 2.91. The Hall–Kier alpha value is -1.24. The van der Waals surface area contributed by atoms with Gasteiger partial charge in [0.05, 0.1) is 6.26 Å². The van der Waals surface area contributed by atoms with Crippen LogP contribution in [0.15, 0.2) is 37.1 Å². The highest BCUT2D eigenvalue weighted by Gasteiger charge is 1.92. The van der Waals surface area contributed by atoms with Crippen molar-refractivity contribution in [1.82, 2.24) is 0 Å². The zero-order chi connectivity index (χ0) is 7.40. The third-order valence-corrected chi connectivity index (χ3v) is 1.30. The summed E-state index contributed by atoms with van der Waals surface area (Å²) in [4.78, 5) is 0. The summed E-state index contributed by atoms with van der Waals surface area (Å²) in [5.74, 6) is 0.873. The van der Waals surface area contributed by atoms with Gasteiger partial charge in [0.25, 0.3) is 0 Å². The molecule has 0 radical (unpaired) electrons. The molecular weight excluding hydrogens is 124 g/mol. The summed E-state index contributed by atoms with van der Waals surface area (Å²) in [5, 5.41) is 0. The van der Waals surface area contributed by atoms with Crippen LogP contribution >= 0.6 is 0 Å². The second-order valence-electron chi connectivity index (χ2n) is 2.05. The normalized spacial score (nSPS) is 8.90. The summed E-state index contributed by atoms with van der Waals surface area (Å²) >= 11 is 0. The smallest absolute Gasteiger partial charge is 0.129 e. The van der Waals surface area contributed by atoms with E-state index in [0.29, 0.717) is 0 Å². The Morgan fingerprint density at radius 2 is 2.10 bits per heavy atom. The second-order valence-corrected chi connectivity index (χ2v) is 2.05. The molecule has 0 bridgehead atoms. The summed E-state index contributed by atoms with van der Waals surface area (Å²) in [6, 6.07) is 7.83. The number of hydrogen-bond donors (Lipinski definition) is 0. The minimum Gasteiger partial charge on any atom is -0.465 e. The van der Waals surface area contributed by atoms with Crippen LogP contribution in [0.3, 0.4) is 0 Å². The number of aryl methyl sites for hydroxylation is 1. The van der Waals surface area contributed by atoms with Crippen LogP contribution in [-0.4, -0.2) is 0 Å². The van der Waals surface area contributed by atoms with Gasteiger partial charge in [-0.25, -0.2) is 0 Å². The summed E-state index contributed by atoms with van der Waals surface area (Å²) < 4.78 is 5.10. The Morgan fingerprint density at radius 1 is 1.40 bits per heavy atom. The van der Waals surface area contributed by atoms with Crippen molar-refractivity contribution < 1.29 is 4.74 Å². The molecular formula is C9H10O. The molecule has 0 saturated carbocycles. The molecule has 0 saturated heterocycles. The molecule has 1 rings (SSSR count). The molecule has 0 atom stereocenters. The van der Waals surface area contributed by atoms with Gasteiger partial charge in [0.15, 0.2) is 0 Å². The molecule has 0 aromatic heterocycles. The van der Waals surface area contributed by atoms with E-state index in [0.717, 1.165) is 11.3 Å². The first kappa shape index (κ1) is 6.87. The predicted octanol–water partition coefficient (Wildman–Crippen LogP) is 2.52. The van der Waals surface area contributed by atoms with Crippen molar-refractivity contribution in [3.63, 3.8) is 0 Å². The Labute approximate surface area is 61.0 Å². The lowest BCUT2D eigenvalue weighted by Gasteiger charge is -2.01. The van der Waals surface area contributed by atoms with Gasteiger partial charge in [0, 0.05) is 0 Å². The molecule has 0 amide bonds. The molecule has 1 nitrogen and oxygen atoms in total. The molecule has 1 aromatic rings. The Morgan fingerprint density at radius 3 is 2.70 bits per heavy atom. The van der Waals surface area contributed by atoms with Crippen LogP contribution in [0.5, 0.6) is 5.75 Å². The third kappa shape index (κ3) is 1.38. The maximum Gasteiger partial charge on any atom is 0.129 e. The first-order valence-electron chi connectivity index (χ1n) is 3.18. The standard InChI is InChI=1S/C9H10O/c1-3-10-9-7-5-4-6-8(9)2/h3-7H,1H2,2H3. The zero-order valence-electron chi connectivity index (χ0n) is 6.00. The fourth-order valence-electron chi connectivity index (χ4n) is 0.778. The second kappa shape index (κ2) is 3.06. The van der Waals surface area contributed by atoms with Crippen molar-refractivity contribution >= 4 is 0 Å². The van der Waals surface area contributed by atoms with E-state index in [1.807, 2.05) is 31.2 Å². The summed E-state index contributed by atoms with van der Waals surface area (Å²) in [7, 11) is 0. The fraction of sp³-hybridized carbons (Fsp3) is 0.111. The van der Waals surface area contributed by atoms with Crippen LogP contribution < -0.4 is 4.74 Å². The average molecular weight is 134 g/mol. The first-order valence-corrected chi connectivity index (χ1v) is 3.18. The lowest BCUT2D eigenvalue weighted by molar-refractivity contribution is 0.479. The van der Waals surface area contributed by atoms with Crippen molar-refractivity contribution in [1.29, 1.82) is 0 Å². The van der Waals surface area contributed by atoms with Crippen molar-refractivity contribution in [3.05, 3.63) is 42.7 Å². The Bertz CT molecular complexity index is 228. The third-order valence-electron chi connectivity index (χ3n) is 1.30. The zero-order valence-corrected chi connectivity index (χ0v) is 6.00. The average Bonchev–Trinajstić information content (AvgIpc) is 1.94. The molecule has 10 heavy (non-hydrogen) atoms. The quantitative estimate of drug-likeness (QED) is 0.565. The van der Waals surface area contributed by atoms with Crippen LogP contribution in [0, 0.1) is 6.92 Å². The van der Waals surface area contributed by atoms with Crippen LogP contribution in [0.4, 0.5) is 0 Å². The molecule has 52 valence electrons. The SMILES string of the molecule is C=COc1ccccc1C. The van der Waals surface area contributed by atoms with Crippen LogP contribution in [-0.2, 0) is 0 Å². The van der Waals surface area contributed by atoms with E-state index in [9.17, 15) is 0 Å². The summed E-state index contributed by atoms with van der Waals surface area (Å²) in [6.45, 7) is 5.47. The van der Waals surface area contributed by atoms with Gasteiger partial charge in [-0.2, -0.15) is 0 Å². The van der Waals surface area contributed by atoms with Gasteiger partial charge in [-0.3, -0.25) is 0 Å². The summed E-state index contributed by atoms with van der Waals surface area (Å²) in [5.41, 5.74) is 1.13. The van der Waals surface area contributed by atoms with Crippen LogP contribution in [0.1, 0.15) is 5.56 Å². The molecule has 1 aromatic carbocycles. The van der Waals surface area contributed by atoms with Gasteiger partial charge in [0.1, 0.15) is 5.75 Å². The monoisotopic (exact) mass is 134 g/mol. The number of benzene rings is 1. The first-order chi connectivity index (χ1) is 4.84. The highest BCUT2D eigenvalue weighted by molar-refractivity contribution is 5.32. The summed E-state index contributed by atoms with van der Waals surface area (Å²) in [6.07, 6.45) is 1.43. The van der Waals surface area contributed by atoms with Crippen molar-refractivity contribution in [2.75, 3.05) is 0 Å². The largest absolute Gasteiger partial charge is 0.465 e. The van der Waals surface area contributed by atoms with Crippen molar-refractivity contribution in [3.8, 4) is 5.75 Å². The molecule has 0 aliphatic rings. The predicted molar refractivity (Wildman–Crippen MR) is 42.0 cm³/mol. The van der Waals surface area contributed by atoms with Gasteiger partial charge >= 0.3 is 0 Å².